The zero-order valence-corrected chi connectivity index (χ0v) is 15.2. The summed E-state index contributed by atoms with van der Waals surface area (Å²) in [6.07, 6.45) is -0.301. The first-order valence-electron chi connectivity index (χ1n) is 6.70. The van der Waals surface area contributed by atoms with Crippen LogP contribution in [0, 0.1) is 13.8 Å². The zero-order chi connectivity index (χ0) is 17.1. The van der Waals surface area contributed by atoms with Crippen LogP contribution in [0.1, 0.15) is 31.4 Å². The first-order chi connectivity index (χ1) is 10.1. The maximum absolute atomic E-state index is 12.4. The molecule has 22 heavy (non-hydrogen) atoms. The van der Waals surface area contributed by atoms with Gasteiger partial charge in [0.2, 0.25) is 10.0 Å². The van der Waals surface area contributed by atoms with Crippen LogP contribution in [0.5, 0.6) is 0 Å². The minimum Gasteiger partial charge on any atom is -0.463 e. The van der Waals surface area contributed by atoms with Crippen molar-refractivity contribution in [2.75, 3.05) is 6.54 Å². The maximum atomic E-state index is 12.4. The molecule has 1 aromatic rings. The molecule has 0 radical (unpaired) electrons. The van der Waals surface area contributed by atoms with Gasteiger partial charge in [0.25, 0.3) is 0 Å². The molecule has 0 bridgehead atoms. The van der Waals surface area contributed by atoms with Crippen LogP contribution in [-0.2, 0) is 19.6 Å². The highest BCUT2D eigenvalue weighted by Gasteiger charge is 2.23. The van der Waals surface area contributed by atoms with E-state index in [2.05, 4.69) is 4.72 Å². The van der Waals surface area contributed by atoms with Crippen molar-refractivity contribution in [3.8, 4) is 0 Å². The molecule has 0 amide bonds. The van der Waals surface area contributed by atoms with Gasteiger partial charge in [-0.15, -0.1) is 0 Å². The molecule has 1 rings (SSSR count). The van der Waals surface area contributed by atoms with Crippen molar-refractivity contribution in [2.45, 2.75) is 45.1 Å². The molecule has 1 N–H and O–H groups in total. The summed E-state index contributed by atoms with van der Waals surface area (Å²) in [5.41, 5.74) is 0.936. The Labute approximate surface area is 141 Å². The van der Waals surface area contributed by atoms with Crippen molar-refractivity contribution < 1.29 is 17.9 Å². The minimum absolute atomic E-state index is 0.0589. The summed E-state index contributed by atoms with van der Waals surface area (Å²) >= 11 is 12.1. The lowest BCUT2D eigenvalue weighted by Crippen LogP contribution is -2.28. The Kier molecular flexibility index (Phi) is 6.67. The molecule has 8 heteroatoms. The zero-order valence-electron chi connectivity index (χ0n) is 12.9. The quantitative estimate of drug-likeness (QED) is 0.783. The van der Waals surface area contributed by atoms with Crippen LogP contribution in [-0.4, -0.2) is 27.0 Å². The summed E-state index contributed by atoms with van der Waals surface area (Å²) in [6.45, 7) is 6.62. The van der Waals surface area contributed by atoms with Crippen molar-refractivity contribution >= 4 is 39.2 Å². The molecule has 0 fully saturated rings. The van der Waals surface area contributed by atoms with Gasteiger partial charge in [0.05, 0.1) is 17.5 Å². The summed E-state index contributed by atoms with van der Waals surface area (Å²) in [5.74, 6) is -0.470. The molecule has 0 aliphatic carbocycles. The number of esters is 1. The largest absolute Gasteiger partial charge is 0.463 e. The van der Waals surface area contributed by atoms with Gasteiger partial charge in [-0.1, -0.05) is 23.2 Å². The van der Waals surface area contributed by atoms with Gasteiger partial charge >= 0.3 is 5.97 Å². The van der Waals surface area contributed by atoms with Crippen LogP contribution in [0.15, 0.2) is 11.0 Å². The number of hydrogen-bond acceptors (Lipinski definition) is 4. The number of benzene rings is 1. The van der Waals surface area contributed by atoms with E-state index in [1.54, 1.807) is 33.8 Å². The molecule has 5 nitrogen and oxygen atoms in total. The lowest BCUT2D eigenvalue weighted by molar-refractivity contribution is -0.147. The summed E-state index contributed by atoms with van der Waals surface area (Å²) in [5, 5.41) is 0.445. The number of carbonyl (C=O) groups is 1. The first kappa shape index (κ1) is 19.2. The fourth-order valence-corrected chi connectivity index (χ4v) is 4.06. The highest BCUT2D eigenvalue weighted by molar-refractivity contribution is 7.89. The molecule has 0 aliphatic rings. The van der Waals surface area contributed by atoms with Crippen molar-refractivity contribution in [3.63, 3.8) is 0 Å². The fraction of sp³-hybridized carbons (Fsp3) is 0.500. The molecule has 1 aromatic carbocycles. The Morgan fingerprint density at radius 2 is 1.91 bits per heavy atom. The molecule has 0 saturated heterocycles. The number of carbonyl (C=O) groups excluding carboxylic acids is 1. The number of rotatable bonds is 6. The number of sulfonamides is 1. The predicted molar refractivity (Wildman–Crippen MR) is 87.0 cm³/mol. The van der Waals surface area contributed by atoms with Gasteiger partial charge in [-0.2, -0.15) is 0 Å². The van der Waals surface area contributed by atoms with Crippen molar-refractivity contribution in [1.29, 1.82) is 0 Å². The third-order valence-corrected chi connectivity index (χ3v) is 5.47. The van der Waals surface area contributed by atoms with Gasteiger partial charge in [0.1, 0.15) is 4.90 Å². The van der Waals surface area contributed by atoms with E-state index in [4.69, 9.17) is 27.9 Å². The summed E-state index contributed by atoms with van der Waals surface area (Å²) in [4.78, 5) is 11.4. The Hall–Kier alpha value is -0.820. The number of nitrogens with one attached hydrogen (secondary N) is 1. The molecule has 0 aromatic heterocycles. The smallest absolute Gasteiger partial charge is 0.307 e. The number of hydrogen-bond donors (Lipinski definition) is 1. The number of aryl methyl sites for hydroxylation is 1. The van der Waals surface area contributed by atoms with Crippen molar-refractivity contribution in [2.24, 2.45) is 0 Å². The van der Waals surface area contributed by atoms with Crippen LogP contribution >= 0.6 is 23.2 Å². The second kappa shape index (κ2) is 7.64. The Balaban J connectivity index is 2.91. The molecular formula is C14H19Cl2NO4S. The van der Waals surface area contributed by atoms with Gasteiger partial charge in [-0.25, -0.2) is 13.1 Å². The average Bonchev–Trinajstić information content (AvgIpc) is 2.35. The van der Waals surface area contributed by atoms with E-state index in [-0.39, 0.29) is 29.0 Å². The minimum atomic E-state index is -3.86. The Morgan fingerprint density at radius 1 is 1.32 bits per heavy atom. The van der Waals surface area contributed by atoms with Gasteiger partial charge in [-0.3, -0.25) is 4.79 Å². The Morgan fingerprint density at radius 3 is 2.45 bits per heavy atom. The highest BCUT2D eigenvalue weighted by Crippen LogP contribution is 2.33. The SMILES string of the molecule is Cc1cc(Cl)c(C)c(S(=O)(=O)NCCC(=O)OC(C)C)c1Cl. The van der Waals surface area contributed by atoms with E-state index in [0.717, 1.165) is 0 Å². The summed E-state index contributed by atoms with van der Waals surface area (Å²) in [6, 6.07) is 1.61. The second-order valence-electron chi connectivity index (χ2n) is 5.13. The lowest BCUT2D eigenvalue weighted by Gasteiger charge is -2.14. The van der Waals surface area contributed by atoms with E-state index in [1.807, 2.05) is 0 Å². The van der Waals surface area contributed by atoms with Gasteiger partial charge in [0, 0.05) is 11.6 Å². The van der Waals surface area contributed by atoms with E-state index >= 15 is 0 Å². The van der Waals surface area contributed by atoms with Crippen LogP contribution in [0.2, 0.25) is 10.0 Å². The summed E-state index contributed by atoms with van der Waals surface area (Å²) < 4.78 is 32.0. The van der Waals surface area contributed by atoms with Gasteiger partial charge in [0.15, 0.2) is 0 Å². The highest BCUT2D eigenvalue weighted by atomic mass is 35.5. The number of halogens is 2. The molecule has 0 spiro atoms. The van der Waals surface area contributed by atoms with Crippen LogP contribution < -0.4 is 4.72 Å². The van der Waals surface area contributed by atoms with E-state index in [9.17, 15) is 13.2 Å². The third-order valence-electron chi connectivity index (χ3n) is 2.84. The maximum Gasteiger partial charge on any atom is 0.307 e. The van der Waals surface area contributed by atoms with E-state index < -0.39 is 16.0 Å². The normalized spacial score (nSPS) is 11.8. The molecule has 0 unspecified atom stereocenters. The number of ether oxygens (including phenoxy) is 1. The fourth-order valence-electron chi connectivity index (χ4n) is 1.81. The Bertz CT molecular complexity index is 646. The lowest BCUT2D eigenvalue weighted by atomic mass is 10.2. The third kappa shape index (κ3) is 4.84. The van der Waals surface area contributed by atoms with E-state index in [0.29, 0.717) is 16.1 Å². The molecule has 124 valence electrons. The summed E-state index contributed by atoms with van der Waals surface area (Å²) in [7, 11) is -3.86. The van der Waals surface area contributed by atoms with Gasteiger partial charge < -0.3 is 4.74 Å². The molecular weight excluding hydrogens is 349 g/mol. The molecule has 0 heterocycles. The van der Waals surface area contributed by atoms with Crippen molar-refractivity contribution in [3.05, 3.63) is 27.2 Å². The van der Waals surface area contributed by atoms with Crippen molar-refractivity contribution in [1.82, 2.24) is 4.72 Å². The van der Waals surface area contributed by atoms with Gasteiger partial charge in [-0.05, 0) is 44.9 Å². The topological polar surface area (TPSA) is 72.5 Å². The molecule has 0 aliphatic heterocycles. The van der Waals surface area contributed by atoms with E-state index in [1.165, 1.54) is 0 Å². The standard InChI is InChI=1S/C14H19Cl2NO4S/c1-8(2)21-12(18)5-6-17-22(19,20)14-10(4)11(15)7-9(3)13(14)16/h7-8,17H,5-6H2,1-4H3. The average molecular weight is 368 g/mol. The molecule has 0 saturated carbocycles. The predicted octanol–water partition coefficient (Wildman–Crippen LogP) is 3.23. The van der Waals surface area contributed by atoms with Crippen LogP contribution in [0.25, 0.3) is 0 Å². The molecule has 0 atom stereocenters. The van der Waals surface area contributed by atoms with Crippen LogP contribution in [0.4, 0.5) is 0 Å². The second-order valence-corrected chi connectivity index (χ2v) is 7.62. The van der Waals surface area contributed by atoms with Crippen LogP contribution in [0.3, 0.4) is 0 Å². The first-order valence-corrected chi connectivity index (χ1v) is 8.94. The monoisotopic (exact) mass is 367 g/mol.